The second kappa shape index (κ2) is 6.02. The Bertz CT molecular complexity index is 768. The smallest absolute Gasteiger partial charge is 0.234 e. The van der Waals surface area contributed by atoms with Gasteiger partial charge in [-0.05, 0) is 68.5 Å². The molecule has 1 aliphatic carbocycles. The van der Waals surface area contributed by atoms with Gasteiger partial charge >= 0.3 is 0 Å². The molecule has 4 rings (SSSR count). The zero-order valence-corrected chi connectivity index (χ0v) is 13.5. The lowest BCUT2D eigenvalue weighted by Gasteiger charge is -2.21. The van der Waals surface area contributed by atoms with Crippen molar-refractivity contribution in [3.05, 3.63) is 47.0 Å². The third-order valence-corrected chi connectivity index (χ3v) is 5.13. The molecule has 2 aliphatic rings. The molecule has 1 fully saturated rings. The predicted octanol–water partition coefficient (Wildman–Crippen LogP) is 1.95. The summed E-state index contributed by atoms with van der Waals surface area (Å²) in [4.78, 5) is 13.8. The number of nitrogens with zero attached hydrogens (tertiary/aromatic N) is 3. The number of carbonyl (C=O) groups excluding carboxylic acids is 1. The van der Waals surface area contributed by atoms with Gasteiger partial charge in [0.15, 0.2) is 0 Å². The Morgan fingerprint density at radius 2 is 2.04 bits per heavy atom. The number of rotatable bonds is 4. The lowest BCUT2D eigenvalue weighted by atomic mass is 10.1. The van der Waals surface area contributed by atoms with E-state index >= 15 is 0 Å². The first kappa shape index (κ1) is 15.3. The Kier molecular flexibility index (Phi) is 3.84. The monoisotopic (exact) mass is 328 g/mol. The van der Waals surface area contributed by atoms with Gasteiger partial charge in [-0.25, -0.2) is 9.07 Å². The molecule has 1 atom stereocenters. The fourth-order valence-corrected chi connectivity index (χ4v) is 3.97. The highest BCUT2D eigenvalue weighted by Gasteiger charge is 2.31. The number of amides is 1. The Hall–Kier alpha value is -2.21. The number of aromatic nitrogens is 2. The van der Waals surface area contributed by atoms with Crippen LogP contribution in [0.4, 0.5) is 4.39 Å². The summed E-state index contributed by atoms with van der Waals surface area (Å²) >= 11 is 0. The third-order valence-electron chi connectivity index (χ3n) is 5.13. The van der Waals surface area contributed by atoms with E-state index in [-0.39, 0.29) is 17.8 Å². The quantitative estimate of drug-likeness (QED) is 0.933. The molecular weight excluding hydrogens is 307 g/mol. The minimum Gasteiger partial charge on any atom is -0.368 e. The fourth-order valence-electron chi connectivity index (χ4n) is 3.97. The molecule has 1 aromatic heterocycles. The average Bonchev–Trinajstić information content (AvgIpc) is 3.26. The maximum Gasteiger partial charge on any atom is 0.234 e. The van der Waals surface area contributed by atoms with E-state index in [0.29, 0.717) is 6.54 Å². The molecule has 2 N–H and O–H groups in total. The molecule has 1 unspecified atom stereocenters. The third kappa shape index (κ3) is 2.60. The van der Waals surface area contributed by atoms with Gasteiger partial charge in [0.25, 0.3) is 0 Å². The van der Waals surface area contributed by atoms with Gasteiger partial charge < -0.3 is 5.73 Å². The summed E-state index contributed by atoms with van der Waals surface area (Å²) in [5.74, 6) is -0.494. The van der Waals surface area contributed by atoms with Crippen LogP contribution in [0.1, 0.15) is 36.2 Å². The van der Waals surface area contributed by atoms with Crippen LogP contribution in [-0.2, 0) is 24.2 Å². The van der Waals surface area contributed by atoms with Crippen LogP contribution in [0, 0.1) is 5.82 Å². The van der Waals surface area contributed by atoms with E-state index in [2.05, 4.69) is 4.90 Å². The lowest BCUT2D eigenvalue weighted by Crippen LogP contribution is -2.40. The average molecular weight is 328 g/mol. The largest absolute Gasteiger partial charge is 0.368 e. The summed E-state index contributed by atoms with van der Waals surface area (Å²) in [5, 5.41) is 4.79. The van der Waals surface area contributed by atoms with Crippen molar-refractivity contribution in [2.75, 3.05) is 6.54 Å². The highest BCUT2D eigenvalue weighted by Crippen LogP contribution is 2.30. The Balaban J connectivity index is 1.66. The molecule has 5 nitrogen and oxygen atoms in total. The van der Waals surface area contributed by atoms with Crippen LogP contribution in [0.2, 0.25) is 0 Å². The number of nitrogens with two attached hydrogens (primary N) is 1. The highest BCUT2D eigenvalue weighted by atomic mass is 19.1. The van der Waals surface area contributed by atoms with Crippen molar-refractivity contribution in [3.63, 3.8) is 0 Å². The summed E-state index contributed by atoms with van der Waals surface area (Å²) < 4.78 is 15.1. The SMILES string of the molecule is NC(=O)C1CCCN1Cc1nn(-c2ccc(F)cc2)c2c1CCC2. The lowest BCUT2D eigenvalue weighted by molar-refractivity contribution is -0.122. The summed E-state index contributed by atoms with van der Waals surface area (Å²) in [7, 11) is 0. The maximum absolute atomic E-state index is 13.2. The van der Waals surface area contributed by atoms with Crippen LogP contribution in [0.25, 0.3) is 5.69 Å². The minimum absolute atomic E-state index is 0.182. The van der Waals surface area contributed by atoms with Crippen molar-refractivity contribution in [2.45, 2.75) is 44.7 Å². The van der Waals surface area contributed by atoms with Gasteiger partial charge in [0.1, 0.15) is 5.82 Å². The number of hydrogen-bond acceptors (Lipinski definition) is 3. The number of primary amides is 1. The van der Waals surface area contributed by atoms with Gasteiger partial charge in [0.2, 0.25) is 5.91 Å². The first-order valence-corrected chi connectivity index (χ1v) is 8.52. The van der Waals surface area contributed by atoms with Gasteiger partial charge in [-0.15, -0.1) is 0 Å². The van der Waals surface area contributed by atoms with Crippen LogP contribution < -0.4 is 5.73 Å². The summed E-state index contributed by atoms with van der Waals surface area (Å²) in [6.45, 7) is 1.54. The van der Waals surface area contributed by atoms with Gasteiger partial charge in [0.05, 0.1) is 17.4 Å². The molecule has 0 bridgehead atoms. The molecule has 126 valence electrons. The zero-order valence-electron chi connectivity index (χ0n) is 13.5. The number of hydrogen-bond donors (Lipinski definition) is 1. The maximum atomic E-state index is 13.2. The van der Waals surface area contributed by atoms with E-state index in [9.17, 15) is 9.18 Å². The molecular formula is C18H21FN4O. The Morgan fingerprint density at radius 1 is 1.25 bits per heavy atom. The van der Waals surface area contributed by atoms with E-state index in [0.717, 1.165) is 50.0 Å². The van der Waals surface area contributed by atoms with Gasteiger partial charge in [-0.1, -0.05) is 0 Å². The fraction of sp³-hybridized carbons (Fsp3) is 0.444. The molecule has 1 aromatic carbocycles. The molecule has 2 heterocycles. The number of benzene rings is 1. The van der Waals surface area contributed by atoms with Crippen molar-refractivity contribution < 1.29 is 9.18 Å². The highest BCUT2D eigenvalue weighted by molar-refractivity contribution is 5.80. The minimum atomic E-state index is -0.248. The van der Waals surface area contributed by atoms with Crippen LogP contribution in [0.5, 0.6) is 0 Å². The van der Waals surface area contributed by atoms with Crippen molar-refractivity contribution >= 4 is 5.91 Å². The Morgan fingerprint density at radius 3 is 2.79 bits per heavy atom. The van der Waals surface area contributed by atoms with Crippen molar-refractivity contribution in [3.8, 4) is 5.69 Å². The first-order valence-electron chi connectivity index (χ1n) is 8.52. The van der Waals surface area contributed by atoms with Gasteiger partial charge in [0, 0.05) is 12.2 Å². The number of likely N-dealkylation sites (tertiary alicyclic amines) is 1. The number of carbonyl (C=O) groups is 1. The van der Waals surface area contributed by atoms with E-state index < -0.39 is 0 Å². The van der Waals surface area contributed by atoms with E-state index in [1.165, 1.54) is 23.4 Å². The van der Waals surface area contributed by atoms with Gasteiger partial charge in [-0.3, -0.25) is 9.69 Å². The second-order valence-electron chi connectivity index (χ2n) is 6.64. The zero-order chi connectivity index (χ0) is 16.7. The van der Waals surface area contributed by atoms with Crippen molar-refractivity contribution in [2.24, 2.45) is 5.73 Å². The van der Waals surface area contributed by atoms with Crippen LogP contribution in [0.3, 0.4) is 0 Å². The van der Waals surface area contributed by atoms with Crippen LogP contribution in [-0.4, -0.2) is 33.2 Å². The summed E-state index contributed by atoms with van der Waals surface area (Å²) in [5.41, 5.74) is 9.93. The molecule has 0 radical (unpaired) electrons. The van der Waals surface area contributed by atoms with Crippen LogP contribution in [0.15, 0.2) is 24.3 Å². The first-order chi connectivity index (χ1) is 11.6. The van der Waals surface area contributed by atoms with Crippen LogP contribution >= 0.6 is 0 Å². The molecule has 2 aromatic rings. The van der Waals surface area contributed by atoms with E-state index in [1.807, 2.05) is 4.68 Å². The Labute approximate surface area is 140 Å². The number of fused-ring (bicyclic) bond motifs is 1. The van der Waals surface area contributed by atoms with Crippen molar-refractivity contribution in [1.82, 2.24) is 14.7 Å². The normalized spacial score (nSPS) is 20.5. The molecule has 6 heteroatoms. The van der Waals surface area contributed by atoms with E-state index in [4.69, 9.17) is 10.8 Å². The topological polar surface area (TPSA) is 64.2 Å². The predicted molar refractivity (Wildman–Crippen MR) is 88.2 cm³/mol. The molecule has 1 aliphatic heterocycles. The van der Waals surface area contributed by atoms with Crippen molar-refractivity contribution in [1.29, 1.82) is 0 Å². The molecule has 1 amide bonds. The molecule has 1 saturated heterocycles. The standard InChI is InChI=1S/C18H21FN4O/c19-12-6-8-13(9-7-12)23-16-4-1-3-14(16)15(21-23)11-22-10-2-5-17(22)18(20)24/h6-9,17H,1-5,10-11H2,(H2,20,24). The molecule has 24 heavy (non-hydrogen) atoms. The van der Waals surface area contributed by atoms with Gasteiger partial charge in [-0.2, -0.15) is 5.10 Å². The van der Waals surface area contributed by atoms with E-state index in [1.54, 1.807) is 12.1 Å². The summed E-state index contributed by atoms with van der Waals surface area (Å²) in [6.07, 6.45) is 4.94. The second-order valence-corrected chi connectivity index (χ2v) is 6.64. The molecule has 0 saturated carbocycles. The number of halogens is 1. The molecule has 0 spiro atoms. The summed E-state index contributed by atoms with van der Waals surface area (Å²) in [6, 6.07) is 6.25.